The van der Waals surface area contributed by atoms with Crippen LogP contribution in [0.4, 0.5) is 0 Å². The number of aryl methyl sites for hydroxylation is 1. The van der Waals surface area contributed by atoms with Crippen LogP contribution in [0.3, 0.4) is 0 Å². The predicted octanol–water partition coefficient (Wildman–Crippen LogP) is 2.23. The van der Waals surface area contributed by atoms with E-state index in [-0.39, 0.29) is 17.7 Å². The number of hydrogen-bond donors (Lipinski definition) is 1. The van der Waals surface area contributed by atoms with Crippen LogP contribution in [0.5, 0.6) is 0 Å². The molecule has 0 aliphatic heterocycles. The quantitative estimate of drug-likeness (QED) is 0.811. The fourth-order valence-corrected chi connectivity index (χ4v) is 1.93. The van der Waals surface area contributed by atoms with Crippen molar-refractivity contribution in [2.24, 2.45) is 11.7 Å². The highest BCUT2D eigenvalue weighted by Gasteiger charge is 2.16. The van der Waals surface area contributed by atoms with Crippen molar-refractivity contribution in [3.05, 3.63) is 22.4 Å². The average molecular weight is 211 g/mol. The summed E-state index contributed by atoms with van der Waals surface area (Å²) in [5, 5.41) is 4.12. The summed E-state index contributed by atoms with van der Waals surface area (Å²) in [4.78, 5) is 11.6. The molecule has 14 heavy (non-hydrogen) atoms. The van der Waals surface area contributed by atoms with Crippen molar-refractivity contribution in [3.8, 4) is 0 Å². The van der Waals surface area contributed by atoms with Gasteiger partial charge in [0.15, 0.2) is 0 Å². The van der Waals surface area contributed by atoms with Gasteiger partial charge in [0.1, 0.15) is 5.78 Å². The van der Waals surface area contributed by atoms with E-state index in [1.54, 1.807) is 11.3 Å². The van der Waals surface area contributed by atoms with Gasteiger partial charge in [-0.1, -0.05) is 6.92 Å². The number of thiophene rings is 1. The second kappa shape index (κ2) is 5.27. The second-order valence-corrected chi connectivity index (χ2v) is 4.53. The lowest BCUT2D eigenvalue weighted by molar-refractivity contribution is -0.122. The summed E-state index contributed by atoms with van der Waals surface area (Å²) < 4.78 is 0. The number of nitrogens with two attached hydrogens (primary N) is 1. The van der Waals surface area contributed by atoms with E-state index in [2.05, 4.69) is 11.4 Å². The summed E-state index contributed by atoms with van der Waals surface area (Å²) >= 11 is 1.67. The van der Waals surface area contributed by atoms with Gasteiger partial charge in [0.25, 0.3) is 0 Å². The van der Waals surface area contributed by atoms with Crippen LogP contribution in [0.2, 0.25) is 0 Å². The largest absolute Gasteiger partial charge is 0.327 e. The predicted molar refractivity (Wildman–Crippen MR) is 60.5 cm³/mol. The maximum absolute atomic E-state index is 11.6. The van der Waals surface area contributed by atoms with E-state index < -0.39 is 0 Å². The summed E-state index contributed by atoms with van der Waals surface area (Å²) in [7, 11) is 0. The summed E-state index contributed by atoms with van der Waals surface area (Å²) in [5.74, 6) is 0.250. The van der Waals surface area contributed by atoms with Crippen molar-refractivity contribution in [2.75, 3.05) is 0 Å². The van der Waals surface area contributed by atoms with E-state index in [9.17, 15) is 4.79 Å². The molecular formula is C11H17NOS. The lowest BCUT2D eigenvalue weighted by Gasteiger charge is -2.13. The first kappa shape index (κ1) is 11.4. The van der Waals surface area contributed by atoms with Crippen molar-refractivity contribution in [2.45, 2.75) is 32.7 Å². The lowest BCUT2D eigenvalue weighted by atomic mass is 9.95. The van der Waals surface area contributed by atoms with Crippen LogP contribution in [0, 0.1) is 5.92 Å². The van der Waals surface area contributed by atoms with Crippen molar-refractivity contribution in [3.63, 3.8) is 0 Å². The van der Waals surface area contributed by atoms with Gasteiger partial charge in [0.05, 0.1) is 0 Å². The molecule has 0 aromatic carbocycles. The zero-order valence-electron chi connectivity index (χ0n) is 8.69. The Labute approximate surface area is 89.1 Å². The molecule has 0 aliphatic carbocycles. The Morgan fingerprint density at radius 2 is 2.29 bits per heavy atom. The molecule has 1 aromatic heterocycles. The van der Waals surface area contributed by atoms with E-state index in [1.165, 1.54) is 5.56 Å². The van der Waals surface area contributed by atoms with E-state index in [1.807, 2.05) is 19.2 Å². The minimum Gasteiger partial charge on any atom is -0.327 e. The molecule has 0 spiro atoms. The Kier molecular flexibility index (Phi) is 4.29. The van der Waals surface area contributed by atoms with Crippen molar-refractivity contribution < 1.29 is 4.79 Å². The Balaban J connectivity index is 2.35. The molecular weight excluding hydrogens is 194 g/mol. The molecule has 1 rings (SSSR count). The highest BCUT2D eigenvalue weighted by atomic mass is 32.1. The average Bonchev–Trinajstić information content (AvgIpc) is 2.65. The standard InChI is InChI=1S/C11H17NOS/c1-8(9(2)12)11(13)4-3-10-5-6-14-7-10/h5-9H,3-4,12H2,1-2H3. The first-order valence-corrected chi connectivity index (χ1v) is 5.85. The van der Waals surface area contributed by atoms with Crippen molar-refractivity contribution in [1.29, 1.82) is 0 Å². The molecule has 0 saturated heterocycles. The molecule has 0 amide bonds. The highest BCUT2D eigenvalue weighted by molar-refractivity contribution is 7.07. The number of carbonyl (C=O) groups is 1. The molecule has 78 valence electrons. The van der Waals surface area contributed by atoms with Crippen molar-refractivity contribution >= 4 is 17.1 Å². The fraction of sp³-hybridized carbons (Fsp3) is 0.545. The molecule has 0 radical (unpaired) electrons. The number of rotatable bonds is 5. The Morgan fingerprint density at radius 1 is 1.57 bits per heavy atom. The number of Topliss-reactive ketones (excluding diaryl/α,β-unsaturated/α-hetero) is 1. The van der Waals surface area contributed by atoms with Gasteiger partial charge < -0.3 is 5.73 Å². The first-order chi connectivity index (χ1) is 6.61. The molecule has 2 N–H and O–H groups in total. The molecule has 0 aliphatic rings. The van der Waals surface area contributed by atoms with Gasteiger partial charge >= 0.3 is 0 Å². The first-order valence-electron chi connectivity index (χ1n) is 4.90. The minimum atomic E-state index is -0.0371. The van der Waals surface area contributed by atoms with Gasteiger partial charge in [-0.25, -0.2) is 0 Å². The topological polar surface area (TPSA) is 43.1 Å². The summed E-state index contributed by atoms with van der Waals surface area (Å²) in [5.41, 5.74) is 6.92. The monoisotopic (exact) mass is 211 g/mol. The third kappa shape index (κ3) is 3.24. The normalized spacial score (nSPS) is 15.1. The Hall–Kier alpha value is -0.670. The smallest absolute Gasteiger partial charge is 0.137 e. The van der Waals surface area contributed by atoms with Crippen LogP contribution in [-0.4, -0.2) is 11.8 Å². The maximum atomic E-state index is 11.6. The van der Waals surface area contributed by atoms with Gasteiger partial charge in [-0.3, -0.25) is 4.79 Å². The molecule has 1 heterocycles. The van der Waals surface area contributed by atoms with Crippen LogP contribution in [0.15, 0.2) is 16.8 Å². The molecule has 0 saturated carbocycles. The van der Waals surface area contributed by atoms with Crippen molar-refractivity contribution in [1.82, 2.24) is 0 Å². The highest BCUT2D eigenvalue weighted by Crippen LogP contribution is 2.11. The van der Waals surface area contributed by atoms with E-state index >= 15 is 0 Å². The summed E-state index contributed by atoms with van der Waals surface area (Å²) in [6.45, 7) is 3.79. The van der Waals surface area contributed by atoms with E-state index in [4.69, 9.17) is 5.73 Å². The van der Waals surface area contributed by atoms with Gasteiger partial charge in [0.2, 0.25) is 0 Å². The molecule has 2 unspecified atom stereocenters. The SMILES string of the molecule is CC(N)C(C)C(=O)CCc1ccsc1. The number of hydrogen-bond acceptors (Lipinski definition) is 3. The zero-order chi connectivity index (χ0) is 10.6. The van der Waals surface area contributed by atoms with Crippen LogP contribution < -0.4 is 5.73 Å². The Bertz CT molecular complexity index is 279. The zero-order valence-corrected chi connectivity index (χ0v) is 9.51. The molecule has 2 nitrogen and oxygen atoms in total. The minimum absolute atomic E-state index is 0.0198. The molecule has 1 aromatic rings. The van der Waals surface area contributed by atoms with Crippen LogP contribution in [-0.2, 0) is 11.2 Å². The van der Waals surface area contributed by atoms with Crippen LogP contribution >= 0.6 is 11.3 Å². The van der Waals surface area contributed by atoms with E-state index in [0.717, 1.165) is 6.42 Å². The van der Waals surface area contributed by atoms with Gasteiger partial charge in [-0.15, -0.1) is 0 Å². The second-order valence-electron chi connectivity index (χ2n) is 3.75. The third-order valence-electron chi connectivity index (χ3n) is 2.54. The van der Waals surface area contributed by atoms with E-state index in [0.29, 0.717) is 6.42 Å². The van der Waals surface area contributed by atoms with Crippen LogP contribution in [0.1, 0.15) is 25.8 Å². The lowest BCUT2D eigenvalue weighted by Crippen LogP contribution is -2.30. The molecule has 0 fully saturated rings. The maximum Gasteiger partial charge on any atom is 0.137 e. The fourth-order valence-electron chi connectivity index (χ4n) is 1.22. The third-order valence-corrected chi connectivity index (χ3v) is 3.27. The van der Waals surface area contributed by atoms with Gasteiger partial charge in [-0.2, -0.15) is 11.3 Å². The molecule has 2 atom stereocenters. The molecule has 0 bridgehead atoms. The number of ketones is 1. The van der Waals surface area contributed by atoms with Gasteiger partial charge in [-0.05, 0) is 35.7 Å². The Morgan fingerprint density at radius 3 is 2.79 bits per heavy atom. The van der Waals surface area contributed by atoms with Gasteiger partial charge in [0, 0.05) is 18.4 Å². The van der Waals surface area contributed by atoms with Crippen LogP contribution in [0.25, 0.3) is 0 Å². The molecule has 3 heteroatoms. The summed E-state index contributed by atoms with van der Waals surface area (Å²) in [6, 6.07) is 2.03. The summed E-state index contributed by atoms with van der Waals surface area (Å²) in [6.07, 6.45) is 1.46. The number of carbonyl (C=O) groups excluding carboxylic acids is 1.